The number of para-hydroxylation sites is 1. The maximum atomic E-state index is 5.22. The van der Waals surface area contributed by atoms with Gasteiger partial charge in [-0.15, -0.1) is 0 Å². The second-order valence-electron chi connectivity index (χ2n) is 6.17. The molecule has 0 atom stereocenters. The van der Waals surface area contributed by atoms with Gasteiger partial charge in [-0.3, -0.25) is 9.88 Å². The number of aromatic nitrogens is 1. The van der Waals surface area contributed by atoms with Crippen LogP contribution in [0.15, 0.2) is 36.5 Å². The Hall–Kier alpha value is -1.49. The fraction of sp³-hybridized carbons (Fsp3) is 0.571. The van der Waals surface area contributed by atoms with Gasteiger partial charge in [0.25, 0.3) is 0 Å². The lowest BCUT2D eigenvalue weighted by Gasteiger charge is -2.26. The number of pyridine rings is 1. The normalized spacial score (nSPS) is 14.5. The van der Waals surface area contributed by atoms with E-state index in [1.165, 1.54) is 10.9 Å². The molecule has 0 spiro atoms. The molecule has 4 heteroatoms. The van der Waals surface area contributed by atoms with Gasteiger partial charge in [0.1, 0.15) is 0 Å². The van der Waals surface area contributed by atoms with Crippen LogP contribution in [0, 0.1) is 0 Å². The first-order chi connectivity index (χ1) is 12.2. The predicted octanol–water partition coefficient (Wildman–Crippen LogP) is 3.92. The molecule has 0 saturated carbocycles. The molecule has 1 aliphatic rings. The van der Waals surface area contributed by atoms with Gasteiger partial charge >= 0.3 is 0 Å². The van der Waals surface area contributed by atoms with Gasteiger partial charge < -0.3 is 10.1 Å². The summed E-state index contributed by atoms with van der Waals surface area (Å²) in [4.78, 5) is 6.82. The highest BCUT2D eigenvalue weighted by Gasteiger charge is 2.08. The number of hydrogen-bond acceptors (Lipinski definition) is 4. The molecule has 2 aromatic rings. The molecule has 1 aromatic heterocycles. The zero-order valence-corrected chi connectivity index (χ0v) is 16.6. The number of benzene rings is 1. The summed E-state index contributed by atoms with van der Waals surface area (Å²) in [6, 6.07) is 10.4. The lowest BCUT2D eigenvalue weighted by atomic mass is 10.0. The van der Waals surface area contributed by atoms with E-state index in [9.17, 15) is 0 Å². The first kappa shape index (κ1) is 21.6. The number of hydrogen-bond donors (Lipinski definition) is 1. The molecule has 0 unspecified atom stereocenters. The van der Waals surface area contributed by atoms with Crippen LogP contribution >= 0.6 is 0 Å². The Labute approximate surface area is 153 Å². The fourth-order valence-corrected chi connectivity index (χ4v) is 2.50. The summed E-state index contributed by atoms with van der Waals surface area (Å²) < 4.78 is 5.22. The number of nitrogens with zero attached hydrogens (tertiary/aromatic N) is 2. The van der Waals surface area contributed by atoms with E-state index in [2.05, 4.69) is 41.2 Å². The Morgan fingerprint density at radius 1 is 1.16 bits per heavy atom. The van der Waals surface area contributed by atoms with Crippen molar-refractivity contribution in [1.29, 1.82) is 0 Å². The van der Waals surface area contributed by atoms with Crippen molar-refractivity contribution in [1.82, 2.24) is 15.2 Å². The third-order valence-electron chi connectivity index (χ3n) is 4.06. The van der Waals surface area contributed by atoms with Crippen molar-refractivity contribution in [2.75, 3.05) is 46.4 Å². The number of fused-ring (bicyclic) bond motifs is 1. The van der Waals surface area contributed by atoms with E-state index in [0.717, 1.165) is 44.9 Å². The summed E-state index contributed by atoms with van der Waals surface area (Å²) in [5, 5.41) is 4.36. The molecule has 1 aromatic carbocycles. The van der Waals surface area contributed by atoms with E-state index >= 15 is 0 Å². The summed E-state index contributed by atoms with van der Waals surface area (Å²) in [5.41, 5.74) is 2.38. The number of ether oxygens (including phenoxy) is 1. The third-order valence-corrected chi connectivity index (χ3v) is 4.06. The summed E-state index contributed by atoms with van der Waals surface area (Å²) >= 11 is 0. The maximum Gasteiger partial charge on any atom is 0.0702 e. The van der Waals surface area contributed by atoms with Gasteiger partial charge in [0.2, 0.25) is 0 Å². The number of nitrogens with one attached hydrogen (secondary N) is 1. The zero-order chi connectivity index (χ0) is 18.5. The first-order valence-electron chi connectivity index (χ1n) is 9.50. The van der Waals surface area contributed by atoms with Crippen LogP contribution in [0.25, 0.3) is 10.9 Å². The van der Waals surface area contributed by atoms with Crippen LogP contribution in [0.4, 0.5) is 0 Å². The molecule has 0 bridgehead atoms. The average molecular weight is 346 g/mol. The lowest BCUT2D eigenvalue weighted by Crippen LogP contribution is -2.39. The monoisotopic (exact) mass is 345 g/mol. The molecule has 2 heterocycles. The number of likely N-dealkylation sites (N-methyl/N-ethyl adjacent to an activating group) is 1. The van der Waals surface area contributed by atoms with Crippen molar-refractivity contribution in [2.45, 2.75) is 33.6 Å². The number of rotatable bonds is 4. The molecule has 1 fully saturated rings. The summed E-state index contributed by atoms with van der Waals surface area (Å²) in [6.07, 6.45) is 1.97. The van der Waals surface area contributed by atoms with Crippen LogP contribution in [0.3, 0.4) is 0 Å². The van der Waals surface area contributed by atoms with Crippen LogP contribution in [0.2, 0.25) is 0 Å². The Bertz CT molecular complexity index is 580. The summed E-state index contributed by atoms with van der Waals surface area (Å²) in [7, 11) is 1.99. The molecular formula is C21H35N3O. The van der Waals surface area contributed by atoms with Crippen molar-refractivity contribution in [3.8, 4) is 0 Å². The molecular weight excluding hydrogens is 310 g/mol. The van der Waals surface area contributed by atoms with Gasteiger partial charge in [0.05, 0.1) is 18.7 Å². The van der Waals surface area contributed by atoms with Crippen molar-refractivity contribution >= 4 is 10.9 Å². The number of morpholine rings is 1. The second-order valence-corrected chi connectivity index (χ2v) is 6.17. The lowest BCUT2D eigenvalue weighted by molar-refractivity contribution is 0.0386. The van der Waals surface area contributed by atoms with Gasteiger partial charge in [0.15, 0.2) is 0 Å². The molecule has 4 nitrogen and oxygen atoms in total. The van der Waals surface area contributed by atoms with E-state index in [1.807, 2.05) is 45.3 Å². The Morgan fingerprint density at radius 2 is 1.84 bits per heavy atom. The largest absolute Gasteiger partial charge is 0.379 e. The van der Waals surface area contributed by atoms with Gasteiger partial charge in [-0.2, -0.15) is 0 Å². The average Bonchev–Trinajstić information content (AvgIpc) is 2.69. The second kappa shape index (κ2) is 12.8. The van der Waals surface area contributed by atoms with E-state index in [1.54, 1.807) is 0 Å². The van der Waals surface area contributed by atoms with Crippen LogP contribution in [-0.2, 0) is 4.74 Å². The van der Waals surface area contributed by atoms with Crippen molar-refractivity contribution in [3.63, 3.8) is 0 Å². The van der Waals surface area contributed by atoms with Gasteiger partial charge in [-0.25, -0.2) is 0 Å². The van der Waals surface area contributed by atoms with Crippen LogP contribution in [-0.4, -0.2) is 56.3 Å². The standard InChI is InChI=1S/C12H13N.C7H16N2O.C2H6/c1-9(2)11-7-10-5-3-4-6-12(10)13-8-11;1-8-2-3-9-4-6-10-7-5-9;1-2/h3-9H,1-2H3;8H,2-7H2,1H3;1-2H3. The van der Waals surface area contributed by atoms with E-state index in [0.29, 0.717) is 5.92 Å². The molecule has 3 rings (SSSR count). The zero-order valence-electron chi connectivity index (χ0n) is 16.6. The van der Waals surface area contributed by atoms with E-state index in [-0.39, 0.29) is 0 Å². The molecule has 0 radical (unpaired) electrons. The molecule has 1 saturated heterocycles. The highest BCUT2D eigenvalue weighted by atomic mass is 16.5. The molecule has 0 amide bonds. The van der Waals surface area contributed by atoms with Gasteiger partial charge in [0, 0.05) is 37.8 Å². The minimum atomic E-state index is 0.553. The van der Waals surface area contributed by atoms with Crippen LogP contribution < -0.4 is 5.32 Å². The van der Waals surface area contributed by atoms with Crippen LogP contribution in [0.1, 0.15) is 39.2 Å². The Kier molecular flexibility index (Phi) is 11.0. The van der Waals surface area contributed by atoms with Crippen LogP contribution in [0.5, 0.6) is 0 Å². The third kappa shape index (κ3) is 7.95. The molecule has 25 heavy (non-hydrogen) atoms. The fourth-order valence-electron chi connectivity index (χ4n) is 2.50. The first-order valence-corrected chi connectivity index (χ1v) is 9.50. The minimum Gasteiger partial charge on any atom is -0.379 e. The molecule has 140 valence electrons. The van der Waals surface area contributed by atoms with Gasteiger partial charge in [-0.05, 0) is 30.7 Å². The molecule has 0 aliphatic carbocycles. The Balaban J connectivity index is 0.000000235. The van der Waals surface area contributed by atoms with Crippen molar-refractivity contribution < 1.29 is 4.74 Å². The van der Waals surface area contributed by atoms with E-state index in [4.69, 9.17) is 4.74 Å². The highest BCUT2D eigenvalue weighted by Crippen LogP contribution is 2.18. The minimum absolute atomic E-state index is 0.553. The highest BCUT2D eigenvalue weighted by molar-refractivity contribution is 5.78. The SMILES string of the molecule is CC.CC(C)c1cnc2ccccc2c1.CNCCN1CCOCC1. The molecule has 1 N–H and O–H groups in total. The smallest absolute Gasteiger partial charge is 0.0702 e. The van der Waals surface area contributed by atoms with E-state index < -0.39 is 0 Å². The van der Waals surface area contributed by atoms with Crippen molar-refractivity contribution in [2.24, 2.45) is 0 Å². The summed E-state index contributed by atoms with van der Waals surface area (Å²) in [5.74, 6) is 0.553. The van der Waals surface area contributed by atoms with Crippen molar-refractivity contribution in [3.05, 3.63) is 42.1 Å². The summed E-state index contributed by atoms with van der Waals surface area (Å²) in [6.45, 7) is 14.6. The van der Waals surface area contributed by atoms with Gasteiger partial charge in [-0.1, -0.05) is 45.9 Å². The Morgan fingerprint density at radius 3 is 2.48 bits per heavy atom. The molecule has 1 aliphatic heterocycles. The maximum absolute atomic E-state index is 5.22. The quantitative estimate of drug-likeness (QED) is 0.911. The predicted molar refractivity (Wildman–Crippen MR) is 108 cm³/mol. The topological polar surface area (TPSA) is 37.4 Å².